The fraction of sp³-hybridized carbons (Fsp3) is 0.316. The highest BCUT2D eigenvalue weighted by molar-refractivity contribution is 9.10. The van der Waals surface area contributed by atoms with Gasteiger partial charge in [-0.2, -0.15) is 9.36 Å². The van der Waals surface area contributed by atoms with Crippen molar-refractivity contribution in [1.29, 1.82) is 0 Å². The van der Waals surface area contributed by atoms with Crippen LogP contribution in [0.4, 0.5) is 0 Å². The lowest BCUT2D eigenvalue weighted by molar-refractivity contribution is 0.302. The van der Waals surface area contributed by atoms with Crippen LogP contribution >= 0.6 is 15.9 Å². The third-order valence-electron chi connectivity index (χ3n) is 4.66. The van der Waals surface area contributed by atoms with Gasteiger partial charge in [0.1, 0.15) is 12.4 Å². The summed E-state index contributed by atoms with van der Waals surface area (Å²) in [6.45, 7) is 2.40. The average Bonchev–Trinajstić information content (AvgIpc) is 3.41. The SMILES string of the molecule is Cc1cc(Br)ccc1OCc1c(C2CC2)cccc1-n1nnn(C)c1=O. The van der Waals surface area contributed by atoms with Gasteiger partial charge < -0.3 is 4.74 Å². The van der Waals surface area contributed by atoms with Gasteiger partial charge in [-0.1, -0.05) is 28.1 Å². The lowest BCUT2D eigenvalue weighted by atomic mass is 10.0. The molecule has 0 spiro atoms. The minimum absolute atomic E-state index is 0.265. The molecular weight excluding hydrogens is 396 g/mol. The van der Waals surface area contributed by atoms with Gasteiger partial charge in [0.2, 0.25) is 0 Å². The van der Waals surface area contributed by atoms with Crippen molar-refractivity contribution < 1.29 is 4.74 Å². The topological polar surface area (TPSA) is 61.9 Å². The minimum Gasteiger partial charge on any atom is -0.489 e. The zero-order valence-corrected chi connectivity index (χ0v) is 16.2. The van der Waals surface area contributed by atoms with Crippen molar-refractivity contribution in [2.75, 3.05) is 0 Å². The Morgan fingerprint density at radius 2 is 2.04 bits per heavy atom. The Hall–Kier alpha value is -2.41. The molecule has 2 aromatic carbocycles. The molecule has 0 radical (unpaired) electrons. The maximum atomic E-state index is 12.3. The highest BCUT2D eigenvalue weighted by Gasteiger charge is 2.28. The third kappa shape index (κ3) is 3.19. The van der Waals surface area contributed by atoms with E-state index in [9.17, 15) is 4.79 Å². The van der Waals surface area contributed by atoms with Crippen molar-refractivity contribution in [3.05, 3.63) is 68.0 Å². The minimum atomic E-state index is -0.265. The predicted molar refractivity (Wildman–Crippen MR) is 102 cm³/mol. The van der Waals surface area contributed by atoms with Crippen LogP contribution in [-0.4, -0.2) is 19.8 Å². The highest BCUT2D eigenvalue weighted by atomic mass is 79.9. The molecule has 1 fully saturated rings. The quantitative estimate of drug-likeness (QED) is 0.640. The molecule has 0 aliphatic heterocycles. The van der Waals surface area contributed by atoms with Crippen molar-refractivity contribution in [1.82, 2.24) is 19.8 Å². The summed E-state index contributed by atoms with van der Waals surface area (Å²) in [7, 11) is 1.60. The number of ether oxygens (including phenoxy) is 1. The number of aryl methyl sites for hydroxylation is 2. The number of rotatable bonds is 5. The van der Waals surface area contributed by atoms with E-state index in [0.29, 0.717) is 12.5 Å². The van der Waals surface area contributed by atoms with Gasteiger partial charge in [0.25, 0.3) is 0 Å². The fourth-order valence-corrected chi connectivity index (χ4v) is 3.59. The summed E-state index contributed by atoms with van der Waals surface area (Å²) in [6, 6.07) is 11.9. The molecule has 6 nitrogen and oxygen atoms in total. The summed E-state index contributed by atoms with van der Waals surface area (Å²) < 4.78 is 9.71. The summed E-state index contributed by atoms with van der Waals surface area (Å²) in [5, 5.41) is 7.84. The monoisotopic (exact) mass is 414 g/mol. The third-order valence-corrected chi connectivity index (χ3v) is 5.16. The van der Waals surface area contributed by atoms with Crippen LogP contribution in [0.1, 0.15) is 35.4 Å². The normalized spacial score (nSPS) is 13.8. The van der Waals surface area contributed by atoms with E-state index in [-0.39, 0.29) is 5.69 Å². The van der Waals surface area contributed by atoms with Gasteiger partial charge in [0.05, 0.1) is 5.69 Å². The second-order valence-electron chi connectivity index (χ2n) is 6.61. The lowest BCUT2D eigenvalue weighted by Crippen LogP contribution is -2.23. The summed E-state index contributed by atoms with van der Waals surface area (Å²) in [5.74, 6) is 1.36. The molecule has 4 rings (SSSR count). The van der Waals surface area contributed by atoms with Gasteiger partial charge >= 0.3 is 5.69 Å². The average molecular weight is 415 g/mol. The molecule has 1 saturated carbocycles. The Balaban J connectivity index is 1.73. The van der Waals surface area contributed by atoms with Crippen molar-refractivity contribution >= 4 is 15.9 Å². The van der Waals surface area contributed by atoms with Gasteiger partial charge in [-0.05, 0) is 71.5 Å². The van der Waals surface area contributed by atoms with Crippen LogP contribution in [0.3, 0.4) is 0 Å². The highest BCUT2D eigenvalue weighted by Crippen LogP contribution is 2.43. The molecule has 134 valence electrons. The number of hydrogen-bond donors (Lipinski definition) is 0. The first kappa shape index (κ1) is 17.0. The van der Waals surface area contributed by atoms with E-state index >= 15 is 0 Å². The molecule has 26 heavy (non-hydrogen) atoms. The van der Waals surface area contributed by atoms with Crippen LogP contribution in [0.25, 0.3) is 5.69 Å². The number of nitrogens with zero attached hydrogens (tertiary/aromatic N) is 4. The molecular formula is C19H19BrN4O2. The maximum Gasteiger partial charge on any atom is 0.368 e. The first-order valence-corrected chi connectivity index (χ1v) is 9.34. The second kappa shape index (κ2) is 6.72. The standard InChI is InChI=1S/C19H19BrN4O2/c1-12-10-14(20)8-9-18(12)26-11-16-15(13-6-7-13)4-3-5-17(16)24-19(25)23(2)21-22-24/h3-5,8-10,13H,6-7,11H2,1-2H3. The van der Waals surface area contributed by atoms with Crippen molar-refractivity contribution in [3.63, 3.8) is 0 Å². The Kier molecular flexibility index (Phi) is 4.40. The summed E-state index contributed by atoms with van der Waals surface area (Å²) in [4.78, 5) is 12.3. The molecule has 0 unspecified atom stereocenters. The molecule has 1 aromatic heterocycles. The molecule has 0 atom stereocenters. The molecule has 1 aliphatic carbocycles. The van der Waals surface area contributed by atoms with Gasteiger partial charge in [0.15, 0.2) is 0 Å². The number of halogens is 1. The number of aromatic nitrogens is 4. The van der Waals surface area contributed by atoms with Crippen LogP contribution in [0.5, 0.6) is 5.75 Å². The van der Waals surface area contributed by atoms with Crippen LogP contribution < -0.4 is 10.4 Å². The molecule has 0 amide bonds. The first-order valence-electron chi connectivity index (χ1n) is 8.54. The Bertz CT molecular complexity index is 1020. The van der Waals surface area contributed by atoms with Crippen molar-refractivity contribution in [3.8, 4) is 11.4 Å². The largest absolute Gasteiger partial charge is 0.489 e. The van der Waals surface area contributed by atoms with Gasteiger partial charge in [-0.15, -0.1) is 0 Å². The number of benzene rings is 2. The van der Waals surface area contributed by atoms with E-state index in [2.05, 4.69) is 32.4 Å². The fourth-order valence-electron chi connectivity index (χ4n) is 3.11. The number of hydrogen-bond acceptors (Lipinski definition) is 4. The van der Waals surface area contributed by atoms with Gasteiger partial charge in [0, 0.05) is 17.1 Å². The molecule has 3 aromatic rings. The molecule has 1 aliphatic rings. The van der Waals surface area contributed by atoms with Crippen LogP contribution in [0.2, 0.25) is 0 Å². The first-order chi connectivity index (χ1) is 12.5. The molecule has 7 heteroatoms. The molecule has 0 saturated heterocycles. The van der Waals surface area contributed by atoms with Crippen LogP contribution in [-0.2, 0) is 13.7 Å². The van der Waals surface area contributed by atoms with Crippen LogP contribution in [0, 0.1) is 6.92 Å². The Morgan fingerprint density at radius 1 is 1.23 bits per heavy atom. The molecule has 0 N–H and O–H groups in total. The second-order valence-corrected chi connectivity index (χ2v) is 7.53. The van der Waals surface area contributed by atoms with Gasteiger partial charge in [-0.3, -0.25) is 0 Å². The summed E-state index contributed by atoms with van der Waals surface area (Å²) in [6.07, 6.45) is 2.34. The van der Waals surface area contributed by atoms with Crippen molar-refractivity contribution in [2.24, 2.45) is 7.05 Å². The molecule has 0 bridgehead atoms. The Labute approximate surface area is 159 Å². The van der Waals surface area contributed by atoms with E-state index in [1.54, 1.807) is 7.05 Å². The zero-order chi connectivity index (χ0) is 18.3. The van der Waals surface area contributed by atoms with E-state index in [1.165, 1.54) is 27.8 Å². The Morgan fingerprint density at radius 3 is 2.69 bits per heavy atom. The maximum absolute atomic E-state index is 12.3. The van der Waals surface area contributed by atoms with E-state index < -0.39 is 0 Å². The van der Waals surface area contributed by atoms with Crippen LogP contribution in [0.15, 0.2) is 45.7 Å². The van der Waals surface area contributed by atoms with Gasteiger partial charge in [-0.25, -0.2) is 4.79 Å². The predicted octanol–water partition coefficient (Wildman–Crippen LogP) is 3.49. The lowest BCUT2D eigenvalue weighted by Gasteiger charge is -2.16. The zero-order valence-electron chi connectivity index (χ0n) is 14.6. The number of tetrazole rings is 1. The van der Waals surface area contributed by atoms with Crippen molar-refractivity contribution in [2.45, 2.75) is 32.3 Å². The van der Waals surface area contributed by atoms with E-state index in [4.69, 9.17) is 4.74 Å². The summed E-state index contributed by atoms with van der Waals surface area (Å²) >= 11 is 3.47. The summed E-state index contributed by atoms with van der Waals surface area (Å²) in [5.41, 5.74) is 3.76. The van der Waals surface area contributed by atoms with E-state index in [1.807, 2.05) is 37.3 Å². The smallest absolute Gasteiger partial charge is 0.368 e. The molecule has 1 heterocycles. The van der Waals surface area contributed by atoms with E-state index in [0.717, 1.165) is 27.0 Å².